The molecule has 124 valence electrons. The minimum absolute atomic E-state index is 0.0274. The highest BCUT2D eigenvalue weighted by atomic mass is 16.3. The summed E-state index contributed by atoms with van der Waals surface area (Å²) in [5.74, 6) is 0.677. The van der Waals surface area contributed by atoms with Crippen LogP contribution in [0.1, 0.15) is 44.5 Å². The van der Waals surface area contributed by atoms with Crippen LogP contribution in [0.2, 0.25) is 0 Å². The summed E-state index contributed by atoms with van der Waals surface area (Å²) in [5.41, 5.74) is 2.24. The van der Waals surface area contributed by atoms with Gasteiger partial charge in [-0.3, -0.25) is 9.59 Å². The SMILES string of the molecule is O=C(CC1c2ccccc2C(=O)N1Cc1ccco1)c1ccccc1. The van der Waals surface area contributed by atoms with E-state index in [0.29, 0.717) is 23.4 Å². The van der Waals surface area contributed by atoms with Crippen LogP contribution in [0.4, 0.5) is 0 Å². The van der Waals surface area contributed by atoms with E-state index in [2.05, 4.69) is 0 Å². The van der Waals surface area contributed by atoms with Crippen LogP contribution < -0.4 is 0 Å². The first-order chi connectivity index (χ1) is 12.2. The second-order valence-corrected chi connectivity index (χ2v) is 6.11. The van der Waals surface area contributed by atoms with Gasteiger partial charge >= 0.3 is 0 Å². The molecule has 0 radical (unpaired) electrons. The zero-order valence-corrected chi connectivity index (χ0v) is 13.6. The maximum absolute atomic E-state index is 12.8. The van der Waals surface area contributed by atoms with E-state index in [0.717, 1.165) is 5.56 Å². The maximum Gasteiger partial charge on any atom is 0.255 e. The molecule has 0 saturated carbocycles. The van der Waals surface area contributed by atoms with Crippen LogP contribution >= 0.6 is 0 Å². The maximum atomic E-state index is 12.8. The third-order valence-corrected chi connectivity index (χ3v) is 4.57. The van der Waals surface area contributed by atoms with Crippen LogP contribution in [0.15, 0.2) is 77.4 Å². The molecule has 1 aliphatic heterocycles. The van der Waals surface area contributed by atoms with Gasteiger partial charge in [-0.15, -0.1) is 0 Å². The zero-order chi connectivity index (χ0) is 17.2. The van der Waals surface area contributed by atoms with Gasteiger partial charge in [0.05, 0.1) is 18.8 Å². The Hall–Kier alpha value is -3.14. The van der Waals surface area contributed by atoms with Crippen molar-refractivity contribution in [2.24, 2.45) is 0 Å². The summed E-state index contributed by atoms with van der Waals surface area (Å²) in [6.07, 6.45) is 1.85. The molecule has 4 heteroatoms. The molecule has 1 aromatic heterocycles. The van der Waals surface area contributed by atoms with Crippen molar-refractivity contribution in [1.82, 2.24) is 4.90 Å². The Morgan fingerprint density at radius 2 is 1.72 bits per heavy atom. The topological polar surface area (TPSA) is 50.5 Å². The summed E-state index contributed by atoms with van der Waals surface area (Å²) in [7, 11) is 0. The smallest absolute Gasteiger partial charge is 0.255 e. The first-order valence-corrected chi connectivity index (χ1v) is 8.24. The summed E-state index contributed by atoms with van der Waals surface area (Å²) in [4.78, 5) is 27.3. The van der Waals surface area contributed by atoms with Gasteiger partial charge in [0, 0.05) is 17.5 Å². The van der Waals surface area contributed by atoms with E-state index in [1.807, 2.05) is 60.7 Å². The highest BCUT2D eigenvalue weighted by Gasteiger charge is 2.37. The molecule has 1 atom stereocenters. The normalized spacial score (nSPS) is 16.1. The standard InChI is InChI=1S/C21H17NO3/c23-20(15-7-2-1-3-8-15)13-19-17-10-4-5-11-18(17)21(24)22(19)14-16-9-6-12-25-16/h1-12,19H,13-14H2. The Bertz CT molecular complexity index is 900. The van der Waals surface area contributed by atoms with Crippen molar-refractivity contribution in [1.29, 1.82) is 0 Å². The third-order valence-electron chi connectivity index (χ3n) is 4.57. The van der Waals surface area contributed by atoms with Crippen molar-refractivity contribution in [3.8, 4) is 0 Å². The molecule has 1 unspecified atom stereocenters. The van der Waals surface area contributed by atoms with Gasteiger partial charge < -0.3 is 9.32 Å². The molecule has 0 fully saturated rings. The molecule has 0 N–H and O–H groups in total. The van der Waals surface area contributed by atoms with Gasteiger partial charge in [-0.2, -0.15) is 0 Å². The molecule has 1 aliphatic rings. The average molecular weight is 331 g/mol. The van der Waals surface area contributed by atoms with Crippen molar-refractivity contribution in [3.05, 3.63) is 95.4 Å². The van der Waals surface area contributed by atoms with E-state index in [4.69, 9.17) is 4.42 Å². The van der Waals surface area contributed by atoms with E-state index in [-0.39, 0.29) is 24.2 Å². The van der Waals surface area contributed by atoms with Gasteiger partial charge in [-0.1, -0.05) is 48.5 Å². The lowest BCUT2D eigenvalue weighted by Crippen LogP contribution is -2.29. The van der Waals surface area contributed by atoms with Gasteiger partial charge in [-0.25, -0.2) is 0 Å². The lowest BCUT2D eigenvalue weighted by molar-refractivity contribution is 0.0672. The fourth-order valence-corrected chi connectivity index (χ4v) is 3.34. The molecule has 2 aromatic carbocycles. The summed E-state index contributed by atoms with van der Waals surface area (Å²) in [6.45, 7) is 0.354. The zero-order valence-electron chi connectivity index (χ0n) is 13.6. The number of benzene rings is 2. The first kappa shape index (κ1) is 15.4. The molecule has 0 aliphatic carbocycles. The fourth-order valence-electron chi connectivity index (χ4n) is 3.34. The van der Waals surface area contributed by atoms with Crippen molar-refractivity contribution in [2.75, 3.05) is 0 Å². The summed E-state index contributed by atoms with van der Waals surface area (Å²) < 4.78 is 5.40. The van der Waals surface area contributed by atoms with E-state index in [1.165, 1.54) is 0 Å². The molecule has 3 aromatic rings. The Labute approximate surface area is 145 Å². The van der Waals surface area contributed by atoms with E-state index >= 15 is 0 Å². The number of rotatable bonds is 5. The van der Waals surface area contributed by atoms with Crippen molar-refractivity contribution < 1.29 is 14.0 Å². The Morgan fingerprint density at radius 3 is 2.48 bits per heavy atom. The molecule has 4 nitrogen and oxygen atoms in total. The second kappa shape index (κ2) is 6.40. The largest absolute Gasteiger partial charge is 0.467 e. The van der Waals surface area contributed by atoms with Crippen molar-refractivity contribution in [3.63, 3.8) is 0 Å². The minimum atomic E-state index is -0.276. The number of hydrogen-bond donors (Lipinski definition) is 0. The molecular weight excluding hydrogens is 314 g/mol. The van der Waals surface area contributed by atoms with Crippen LogP contribution in [0, 0.1) is 0 Å². The number of ketones is 1. The van der Waals surface area contributed by atoms with Gasteiger partial charge in [-0.05, 0) is 23.8 Å². The highest BCUT2D eigenvalue weighted by molar-refractivity contribution is 6.01. The van der Waals surface area contributed by atoms with Crippen LogP contribution in [0.3, 0.4) is 0 Å². The highest BCUT2D eigenvalue weighted by Crippen LogP contribution is 2.37. The summed E-state index contributed by atoms with van der Waals surface area (Å²) in [5, 5.41) is 0. The van der Waals surface area contributed by atoms with E-state index in [1.54, 1.807) is 17.2 Å². The fraction of sp³-hybridized carbons (Fsp3) is 0.143. The predicted octanol–water partition coefficient (Wildman–Crippen LogP) is 4.25. The van der Waals surface area contributed by atoms with Gasteiger partial charge in [0.1, 0.15) is 5.76 Å². The van der Waals surface area contributed by atoms with Gasteiger partial charge in [0.2, 0.25) is 0 Å². The van der Waals surface area contributed by atoms with Gasteiger partial charge in [0.25, 0.3) is 5.91 Å². The molecule has 25 heavy (non-hydrogen) atoms. The molecule has 2 heterocycles. The predicted molar refractivity (Wildman–Crippen MR) is 93.2 cm³/mol. The summed E-state index contributed by atoms with van der Waals surface area (Å²) >= 11 is 0. The molecule has 4 rings (SSSR count). The molecule has 1 amide bonds. The van der Waals surface area contributed by atoms with Crippen LogP contribution in [0.5, 0.6) is 0 Å². The lowest BCUT2D eigenvalue weighted by Gasteiger charge is -2.24. The number of amides is 1. The van der Waals surface area contributed by atoms with Crippen molar-refractivity contribution >= 4 is 11.7 Å². The quantitative estimate of drug-likeness (QED) is 0.657. The number of fused-ring (bicyclic) bond motifs is 1. The molecule has 0 bridgehead atoms. The van der Waals surface area contributed by atoms with Crippen LogP contribution in [-0.2, 0) is 6.54 Å². The Morgan fingerprint density at radius 1 is 0.960 bits per heavy atom. The van der Waals surface area contributed by atoms with Gasteiger partial charge in [0.15, 0.2) is 5.78 Å². The molecule has 0 spiro atoms. The number of Topliss-reactive ketones (excluding diaryl/α,β-unsaturated/α-hetero) is 1. The Kier molecular flexibility index (Phi) is 3.94. The number of nitrogens with zero attached hydrogens (tertiary/aromatic N) is 1. The number of carbonyl (C=O) groups is 2. The monoisotopic (exact) mass is 331 g/mol. The first-order valence-electron chi connectivity index (χ1n) is 8.24. The number of carbonyl (C=O) groups excluding carboxylic acids is 2. The minimum Gasteiger partial charge on any atom is -0.467 e. The van der Waals surface area contributed by atoms with E-state index in [9.17, 15) is 9.59 Å². The van der Waals surface area contributed by atoms with E-state index < -0.39 is 0 Å². The third kappa shape index (κ3) is 2.87. The molecule has 0 saturated heterocycles. The lowest BCUT2D eigenvalue weighted by atomic mass is 9.97. The van der Waals surface area contributed by atoms with Crippen molar-refractivity contribution in [2.45, 2.75) is 19.0 Å². The van der Waals surface area contributed by atoms with Crippen LogP contribution in [0.25, 0.3) is 0 Å². The van der Waals surface area contributed by atoms with Crippen LogP contribution in [-0.4, -0.2) is 16.6 Å². The number of furan rings is 1. The molecular formula is C21H17NO3. The Balaban J connectivity index is 1.66. The number of hydrogen-bond acceptors (Lipinski definition) is 3. The second-order valence-electron chi connectivity index (χ2n) is 6.11. The summed E-state index contributed by atoms with van der Waals surface area (Å²) in [6, 6.07) is 20.1. The average Bonchev–Trinajstić information content (AvgIpc) is 3.25.